The van der Waals surface area contributed by atoms with E-state index in [1.54, 1.807) is 24.4 Å². The molecule has 0 amide bonds. The molecule has 7 nitrogen and oxygen atoms in total. The molecule has 132 valence electrons. The molecule has 0 bridgehead atoms. The van der Waals surface area contributed by atoms with Crippen molar-refractivity contribution in [2.75, 3.05) is 33.0 Å². The number of rotatable bonds is 4. The summed E-state index contributed by atoms with van der Waals surface area (Å²) < 4.78 is 37.8. The first-order chi connectivity index (χ1) is 12.1. The summed E-state index contributed by atoms with van der Waals surface area (Å²) in [4.78, 5) is 6.60. The third-order valence-corrected chi connectivity index (χ3v) is 6.34. The standard InChI is InChI=1S/C17H19N3O4S/c21-25(22,15-3-4-16-17(10-15)24-13-23-16)20-8-6-19(7-9-20)12-14-2-1-5-18-11-14/h1-5,10-11H,6-9,12-13H2. The second-order valence-electron chi connectivity index (χ2n) is 6.06. The van der Waals surface area contributed by atoms with Gasteiger partial charge in [0.2, 0.25) is 16.8 Å². The van der Waals surface area contributed by atoms with Gasteiger partial charge in [0.15, 0.2) is 11.5 Å². The fourth-order valence-electron chi connectivity index (χ4n) is 3.06. The molecule has 1 aromatic heterocycles. The first-order valence-electron chi connectivity index (χ1n) is 8.14. The number of hydrogen-bond donors (Lipinski definition) is 0. The van der Waals surface area contributed by atoms with Gasteiger partial charge in [0.1, 0.15) is 0 Å². The van der Waals surface area contributed by atoms with Crippen molar-refractivity contribution in [3.63, 3.8) is 0 Å². The minimum atomic E-state index is -3.52. The van der Waals surface area contributed by atoms with Crippen molar-refractivity contribution in [1.82, 2.24) is 14.2 Å². The summed E-state index contributed by atoms with van der Waals surface area (Å²) in [5.41, 5.74) is 1.13. The highest BCUT2D eigenvalue weighted by Gasteiger charge is 2.30. The highest BCUT2D eigenvalue weighted by Crippen LogP contribution is 2.34. The minimum Gasteiger partial charge on any atom is -0.454 e. The summed E-state index contributed by atoms with van der Waals surface area (Å²) in [5, 5.41) is 0. The Balaban J connectivity index is 1.43. The van der Waals surface area contributed by atoms with Gasteiger partial charge in [0.05, 0.1) is 4.90 Å². The molecule has 2 aliphatic rings. The topological polar surface area (TPSA) is 72.0 Å². The quantitative estimate of drug-likeness (QED) is 0.818. The largest absolute Gasteiger partial charge is 0.454 e. The van der Waals surface area contributed by atoms with Gasteiger partial charge < -0.3 is 9.47 Å². The Hall–Kier alpha value is -2.16. The maximum Gasteiger partial charge on any atom is 0.243 e. The Bertz CT molecular complexity index is 849. The molecule has 3 heterocycles. The Morgan fingerprint density at radius 2 is 1.84 bits per heavy atom. The van der Waals surface area contributed by atoms with E-state index in [9.17, 15) is 8.42 Å². The highest BCUT2D eigenvalue weighted by molar-refractivity contribution is 7.89. The van der Waals surface area contributed by atoms with E-state index in [1.165, 1.54) is 4.31 Å². The van der Waals surface area contributed by atoms with E-state index in [0.717, 1.165) is 12.1 Å². The molecule has 0 radical (unpaired) electrons. The molecular formula is C17H19N3O4S. The number of ether oxygens (including phenoxy) is 2. The zero-order valence-corrected chi connectivity index (χ0v) is 14.5. The molecular weight excluding hydrogens is 342 g/mol. The van der Waals surface area contributed by atoms with Crippen LogP contribution in [0.4, 0.5) is 0 Å². The van der Waals surface area contributed by atoms with E-state index >= 15 is 0 Å². The van der Waals surface area contributed by atoms with Crippen LogP contribution in [0.25, 0.3) is 0 Å². The van der Waals surface area contributed by atoms with Crippen LogP contribution in [0, 0.1) is 0 Å². The summed E-state index contributed by atoms with van der Waals surface area (Å²) in [5.74, 6) is 1.07. The first-order valence-corrected chi connectivity index (χ1v) is 9.58. The monoisotopic (exact) mass is 361 g/mol. The van der Waals surface area contributed by atoms with E-state index in [2.05, 4.69) is 9.88 Å². The number of nitrogens with zero attached hydrogens (tertiary/aromatic N) is 3. The van der Waals surface area contributed by atoms with Crippen molar-refractivity contribution in [3.05, 3.63) is 48.3 Å². The molecule has 25 heavy (non-hydrogen) atoms. The fourth-order valence-corrected chi connectivity index (χ4v) is 4.50. The first kappa shape index (κ1) is 16.3. The number of sulfonamides is 1. The second kappa shape index (κ2) is 6.62. The lowest BCUT2D eigenvalue weighted by atomic mass is 10.2. The van der Waals surface area contributed by atoms with E-state index in [4.69, 9.17) is 9.47 Å². The molecule has 0 atom stereocenters. The maximum absolute atomic E-state index is 12.9. The van der Waals surface area contributed by atoms with Gasteiger partial charge in [-0.2, -0.15) is 4.31 Å². The van der Waals surface area contributed by atoms with Crippen LogP contribution in [0.1, 0.15) is 5.56 Å². The molecule has 0 saturated carbocycles. The van der Waals surface area contributed by atoms with Crippen LogP contribution in [-0.4, -0.2) is 55.6 Å². The molecule has 1 saturated heterocycles. The van der Waals surface area contributed by atoms with Gasteiger partial charge in [0.25, 0.3) is 0 Å². The average molecular weight is 361 g/mol. The van der Waals surface area contributed by atoms with Gasteiger partial charge >= 0.3 is 0 Å². The van der Waals surface area contributed by atoms with Crippen LogP contribution in [0.5, 0.6) is 11.5 Å². The smallest absolute Gasteiger partial charge is 0.243 e. The average Bonchev–Trinajstić information content (AvgIpc) is 3.11. The second-order valence-corrected chi connectivity index (χ2v) is 7.99. The summed E-state index contributed by atoms with van der Waals surface area (Å²) in [6.45, 7) is 3.24. The number of hydrogen-bond acceptors (Lipinski definition) is 6. The van der Waals surface area contributed by atoms with Crippen molar-refractivity contribution in [2.24, 2.45) is 0 Å². The van der Waals surface area contributed by atoms with Gasteiger partial charge in [-0.25, -0.2) is 8.42 Å². The third kappa shape index (κ3) is 3.33. The van der Waals surface area contributed by atoms with Crippen molar-refractivity contribution >= 4 is 10.0 Å². The maximum atomic E-state index is 12.9. The molecule has 8 heteroatoms. The normalized spacial score (nSPS) is 18.4. The van der Waals surface area contributed by atoms with E-state index in [1.807, 2.05) is 18.3 Å². The summed E-state index contributed by atoms with van der Waals surface area (Å²) in [7, 11) is -3.52. The molecule has 2 aliphatic heterocycles. The van der Waals surface area contributed by atoms with E-state index in [-0.39, 0.29) is 11.7 Å². The minimum absolute atomic E-state index is 0.131. The number of aromatic nitrogens is 1. The Labute approximate surface area is 146 Å². The zero-order valence-electron chi connectivity index (χ0n) is 13.7. The Morgan fingerprint density at radius 1 is 1.04 bits per heavy atom. The Kier molecular flexibility index (Phi) is 4.32. The lowest BCUT2D eigenvalue weighted by molar-refractivity contribution is 0.173. The SMILES string of the molecule is O=S(=O)(c1ccc2c(c1)OCO2)N1CCN(Cc2cccnc2)CC1. The van der Waals surface area contributed by atoms with Gasteiger partial charge in [-0.1, -0.05) is 6.07 Å². The Morgan fingerprint density at radius 3 is 2.60 bits per heavy atom. The van der Waals surface area contributed by atoms with Gasteiger partial charge in [-0.15, -0.1) is 0 Å². The molecule has 1 aromatic carbocycles. The van der Waals surface area contributed by atoms with Crippen molar-refractivity contribution < 1.29 is 17.9 Å². The zero-order chi connectivity index (χ0) is 17.3. The molecule has 2 aromatic rings. The molecule has 1 fully saturated rings. The van der Waals surface area contributed by atoms with Crippen LogP contribution < -0.4 is 9.47 Å². The summed E-state index contributed by atoms with van der Waals surface area (Å²) >= 11 is 0. The molecule has 0 unspecified atom stereocenters. The molecule has 0 aliphatic carbocycles. The summed E-state index contributed by atoms with van der Waals surface area (Å²) in [6, 6.07) is 8.71. The van der Waals surface area contributed by atoms with Crippen LogP contribution in [0.15, 0.2) is 47.6 Å². The van der Waals surface area contributed by atoms with E-state index in [0.29, 0.717) is 37.7 Å². The lowest BCUT2D eigenvalue weighted by Gasteiger charge is -2.33. The third-order valence-electron chi connectivity index (χ3n) is 4.44. The van der Waals surface area contributed by atoms with Crippen molar-refractivity contribution in [2.45, 2.75) is 11.4 Å². The van der Waals surface area contributed by atoms with E-state index < -0.39 is 10.0 Å². The predicted octanol–water partition coefficient (Wildman–Crippen LogP) is 1.32. The van der Waals surface area contributed by atoms with Crippen LogP contribution in [-0.2, 0) is 16.6 Å². The predicted molar refractivity (Wildman–Crippen MR) is 90.8 cm³/mol. The van der Waals surface area contributed by atoms with Gasteiger partial charge in [-0.3, -0.25) is 9.88 Å². The molecule has 0 spiro atoms. The van der Waals surface area contributed by atoms with Crippen LogP contribution in [0.3, 0.4) is 0 Å². The molecule has 0 N–H and O–H groups in total. The number of benzene rings is 1. The highest BCUT2D eigenvalue weighted by atomic mass is 32.2. The van der Waals surface area contributed by atoms with Gasteiger partial charge in [0, 0.05) is 51.2 Å². The fraction of sp³-hybridized carbons (Fsp3) is 0.353. The number of pyridine rings is 1. The van der Waals surface area contributed by atoms with Crippen LogP contribution in [0.2, 0.25) is 0 Å². The van der Waals surface area contributed by atoms with Crippen molar-refractivity contribution in [3.8, 4) is 11.5 Å². The lowest BCUT2D eigenvalue weighted by Crippen LogP contribution is -2.48. The van der Waals surface area contributed by atoms with Crippen LogP contribution >= 0.6 is 0 Å². The molecule has 4 rings (SSSR count). The number of piperazine rings is 1. The van der Waals surface area contributed by atoms with Gasteiger partial charge in [-0.05, 0) is 23.8 Å². The summed E-state index contributed by atoms with van der Waals surface area (Å²) in [6.07, 6.45) is 3.59. The van der Waals surface area contributed by atoms with Crippen molar-refractivity contribution in [1.29, 1.82) is 0 Å². The number of fused-ring (bicyclic) bond motifs is 1.